The van der Waals surface area contributed by atoms with Crippen LogP contribution in [-0.2, 0) is 4.74 Å². The molecule has 1 aliphatic rings. The normalized spacial score (nSPS) is 15.4. The molecule has 1 fully saturated rings. The minimum Gasteiger partial charge on any atom is -0.395 e. The molecule has 0 bridgehead atoms. The number of nitrogens with one attached hydrogen (secondary N) is 2. The monoisotopic (exact) mass is 438 g/mol. The van der Waals surface area contributed by atoms with E-state index in [1.807, 2.05) is 18.2 Å². The van der Waals surface area contributed by atoms with Gasteiger partial charge in [0.2, 0.25) is 5.82 Å². The number of aliphatic hydroxyl groups is 2. The number of hydrogen-bond donors (Lipinski definition) is 4. The van der Waals surface area contributed by atoms with Gasteiger partial charge in [-0.15, -0.1) is 0 Å². The number of aromatic nitrogens is 2. The second-order valence-corrected chi connectivity index (χ2v) is 7.80. The molecule has 2 aromatic heterocycles. The van der Waals surface area contributed by atoms with Crippen LogP contribution in [0, 0.1) is 0 Å². The smallest absolute Gasteiger partial charge is 0.288 e. The van der Waals surface area contributed by atoms with E-state index in [0.29, 0.717) is 37.3 Å². The van der Waals surface area contributed by atoms with Gasteiger partial charge in [0.05, 0.1) is 30.0 Å². The van der Waals surface area contributed by atoms with E-state index in [2.05, 4.69) is 15.6 Å². The summed E-state index contributed by atoms with van der Waals surface area (Å²) >= 11 is 0. The van der Waals surface area contributed by atoms with Crippen LogP contribution in [0.3, 0.4) is 0 Å². The third-order valence-corrected chi connectivity index (χ3v) is 5.70. The van der Waals surface area contributed by atoms with Gasteiger partial charge in [-0.2, -0.15) is 0 Å². The summed E-state index contributed by atoms with van der Waals surface area (Å²) in [7, 11) is 0. The lowest BCUT2D eigenvalue weighted by atomic mass is 9.91. The number of amides is 2. The van der Waals surface area contributed by atoms with Gasteiger partial charge in [0.15, 0.2) is 0 Å². The maximum atomic E-state index is 13.2. The summed E-state index contributed by atoms with van der Waals surface area (Å²) in [6.45, 7) is 0.851. The second-order valence-electron chi connectivity index (χ2n) is 7.80. The summed E-state index contributed by atoms with van der Waals surface area (Å²) in [5, 5.41) is 24.4. The van der Waals surface area contributed by atoms with E-state index in [4.69, 9.17) is 9.84 Å². The predicted molar refractivity (Wildman–Crippen MR) is 117 cm³/mol. The fraction of sp³-hybridized carbons (Fsp3) is 0.348. The lowest BCUT2D eigenvalue weighted by Crippen LogP contribution is -2.54. The molecule has 9 nitrogen and oxygen atoms in total. The van der Waals surface area contributed by atoms with Gasteiger partial charge >= 0.3 is 0 Å². The summed E-state index contributed by atoms with van der Waals surface area (Å²) in [6, 6.07) is 12.5. The van der Waals surface area contributed by atoms with Crippen molar-refractivity contribution in [1.29, 1.82) is 0 Å². The van der Waals surface area contributed by atoms with E-state index in [0.717, 1.165) is 11.1 Å². The molecule has 0 spiro atoms. The Morgan fingerprint density at radius 2 is 1.81 bits per heavy atom. The standard InChI is InChI=1S/C23H26N4O5/c28-12-10-24-21(30)17-6-4-16(5-7-17)19-18-3-1-2-11-27(18)20(25-19)22(31)26-23(15-29)8-13-32-14-9-23/h1-7,11,28-29H,8-10,12-15H2,(H,24,30)(H,26,31). The summed E-state index contributed by atoms with van der Waals surface area (Å²) < 4.78 is 7.09. The van der Waals surface area contributed by atoms with E-state index in [-0.39, 0.29) is 37.4 Å². The Balaban J connectivity index is 1.64. The number of ether oxygens (including phenoxy) is 1. The lowest BCUT2D eigenvalue weighted by Gasteiger charge is -2.36. The predicted octanol–water partition coefficient (Wildman–Crippen LogP) is 0.995. The zero-order chi connectivity index (χ0) is 22.6. The molecule has 32 heavy (non-hydrogen) atoms. The van der Waals surface area contributed by atoms with Gasteiger partial charge in [-0.1, -0.05) is 18.2 Å². The Bertz CT molecular complexity index is 1100. The largest absolute Gasteiger partial charge is 0.395 e. The molecule has 1 aliphatic heterocycles. The molecule has 1 aromatic carbocycles. The molecule has 9 heteroatoms. The first-order chi connectivity index (χ1) is 15.6. The van der Waals surface area contributed by atoms with Crippen molar-refractivity contribution in [2.45, 2.75) is 18.4 Å². The SMILES string of the molecule is O=C(NCCO)c1ccc(-c2nc(C(=O)NC3(CO)CCOCC3)n3ccccc23)cc1. The first kappa shape index (κ1) is 21.9. The Morgan fingerprint density at radius 3 is 2.50 bits per heavy atom. The lowest BCUT2D eigenvalue weighted by molar-refractivity contribution is 0.0123. The zero-order valence-electron chi connectivity index (χ0n) is 17.6. The van der Waals surface area contributed by atoms with Crippen molar-refractivity contribution in [2.75, 3.05) is 33.0 Å². The molecule has 0 saturated carbocycles. The second kappa shape index (κ2) is 9.47. The molecule has 0 atom stereocenters. The average Bonchev–Trinajstić information content (AvgIpc) is 3.23. The number of fused-ring (bicyclic) bond motifs is 1. The van der Waals surface area contributed by atoms with Crippen LogP contribution in [-0.4, -0.2) is 69.9 Å². The van der Waals surface area contributed by atoms with Gasteiger partial charge in [-0.25, -0.2) is 4.98 Å². The fourth-order valence-corrected chi connectivity index (χ4v) is 3.84. The number of imidazole rings is 1. The average molecular weight is 438 g/mol. The molecule has 1 saturated heterocycles. The number of carbonyl (C=O) groups is 2. The number of hydrogen-bond acceptors (Lipinski definition) is 6. The van der Waals surface area contributed by atoms with E-state index in [1.54, 1.807) is 34.9 Å². The fourth-order valence-electron chi connectivity index (χ4n) is 3.84. The van der Waals surface area contributed by atoms with Gasteiger partial charge in [-0.05, 0) is 37.1 Å². The highest BCUT2D eigenvalue weighted by molar-refractivity contribution is 5.96. The maximum Gasteiger partial charge on any atom is 0.288 e. The van der Waals surface area contributed by atoms with Crippen molar-refractivity contribution in [3.05, 3.63) is 60.0 Å². The third-order valence-electron chi connectivity index (χ3n) is 5.70. The van der Waals surface area contributed by atoms with Crippen LogP contribution >= 0.6 is 0 Å². The molecule has 0 unspecified atom stereocenters. The Labute approximate surface area is 185 Å². The van der Waals surface area contributed by atoms with Gasteiger partial charge in [-0.3, -0.25) is 14.0 Å². The summed E-state index contributed by atoms with van der Waals surface area (Å²) in [4.78, 5) is 29.9. The van der Waals surface area contributed by atoms with Crippen LogP contribution in [0.25, 0.3) is 16.8 Å². The topological polar surface area (TPSA) is 125 Å². The summed E-state index contributed by atoms with van der Waals surface area (Å²) in [6.07, 6.45) is 2.84. The Morgan fingerprint density at radius 1 is 1.06 bits per heavy atom. The van der Waals surface area contributed by atoms with Crippen molar-refractivity contribution < 1.29 is 24.5 Å². The van der Waals surface area contributed by atoms with E-state index < -0.39 is 5.54 Å². The van der Waals surface area contributed by atoms with Crippen molar-refractivity contribution in [3.8, 4) is 11.3 Å². The number of benzene rings is 1. The number of carbonyl (C=O) groups excluding carboxylic acids is 2. The number of pyridine rings is 1. The first-order valence-electron chi connectivity index (χ1n) is 10.5. The van der Waals surface area contributed by atoms with Crippen molar-refractivity contribution in [2.24, 2.45) is 0 Å². The van der Waals surface area contributed by atoms with E-state index in [9.17, 15) is 14.7 Å². The van der Waals surface area contributed by atoms with Crippen LogP contribution in [0.15, 0.2) is 48.7 Å². The minimum absolute atomic E-state index is 0.125. The van der Waals surface area contributed by atoms with E-state index in [1.165, 1.54) is 0 Å². The molecule has 4 N–H and O–H groups in total. The number of nitrogens with zero attached hydrogens (tertiary/aromatic N) is 2. The van der Waals surface area contributed by atoms with Crippen LogP contribution in [0.4, 0.5) is 0 Å². The van der Waals surface area contributed by atoms with Crippen LogP contribution in [0.1, 0.15) is 33.8 Å². The quantitative estimate of drug-likeness (QED) is 0.436. The Kier molecular flexibility index (Phi) is 6.50. The number of aliphatic hydroxyl groups excluding tert-OH is 2. The highest BCUT2D eigenvalue weighted by Crippen LogP contribution is 2.26. The highest BCUT2D eigenvalue weighted by atomic mass is 16.5. The zero-order valence-corrected chi connectivity index (χ0v) is 17.6. The Hall–Kier alpha value is -3.27. The van der Waals surface area contributed by atoms with Crippen LogP contribution in [0.5, 0.6) is 0 Å². The summed E-state index contributed by atoms with van der Waals surface area (Å²) in [5.74, 6) is -0.417. The van der Waals surface area contributed by atoms with Crippen molar-refractivity contribution >= 4 is 17.3 Å². The molecule has 3 heterocycles. The molecule has 168 valence electrons. The molecule has 3 aromatic rings. The maximum absolute atomic E-state index is 13.2. The third kappa shape index (κ3) is 4.36. The molecule has 2 amide bonds. The summed E-state index contributed by atoms with van der Waals surface area (Å²) in [5.41, 5.74) is 1.87. The van der Waals surface area contributed by atoms with Gasteiger partial charge < -0.3 is 25.6 Å². The molecular formula is C23H26N4O5. The van der Waals surface area contributed by atoms with Gasteiger partial charge in [0.25, 0.3) is 11.8 Å². The van der Waals surface area contributed by atoms with Crippen LogP contribution in [0.2, 0.25) is 0 Å². The van der Waals surface area contributed by atoms with E-state index >= 15 is 0 Å². The van der Waals surface area contributed by atoms with Gasteiger partial charge in [0.1, 0.15) is 0 Å². The molecule has 4 rings (SSSR count). The van der Waals surface area contributed by atoms with Crippen molar-refractivity contribution in [3.63, 3.8) is 0 Å². The van der Waals surface area contributed by atoms with Crippen LogP contribution < -0.4 is 10.6 Å². The first-order valence-corrected chi connectivity index (χ1v) is 10.5. The molecular weight excluding hydrogens is 412 g/mol. The van der Waals surface area contributed by atoms with Crippen molar-refractivity contribution in [1.82, 2.24) is 20.0 Å². The highest BCUT2D eigenvalue weighted by Gasteiger charge is 2.35. The molecule has 0 aliphatic carbocycles. The van der Waals surface area contributed by atoms with Gasteiger partial charge in [0, 0.05) is 37.1 Å². The minimum atomic E-state index is -0.723. The molecule has 0 radical (unpaired) electrons. The number of rotatable bonds is 7.